The summed E-state index contributed by atoms with van der Waals surface area (Å²) in [5, 5.41) is 15.7. The van der Waals surface area contributed by atoms with Crippen LogP contribution in [-0.2, 0) is 7.05 Å². The third-order valence-electron chi connectivity index (χ3n) is 5.81. The van der Waals surface area contributed by atoms with Crippen LogP contribution in [0.2, 0.25) is 0 Å². The van der Waals surface area contributed by atoms with E-state index in [1.54, 1.807) is 23.0 Å². The number of rotatable bonds is 6. The molecule has 0 bridgehead atoms. The molecule has 1 aromatic carbocycles. The summed E-state index contributed by atoms with van der Waals surface area (Å²) in [4.78, 5) is 15.6. The zero-order valence-electron chi connectivity index (χ0n) is 16.0. The van der Waals surface area contributed by atoms with Crippen LogP contribution in [0, 0.1) is 22.0 Å². The van der Waals surface area contributed by atoms with Crippen molar-refractivity contribution in [1.29, 1.82) is 0 Å². The Hall–Kier alpha value is -2.68. The minimum absolute atomic E-state index is 0.0568. The van der Waals surface area contributed by atoms with Gasteiger partial charge in [0.15, 0.2) is 5.75 Å². The third kappa shape index (κ3) is 3.30. The van der Waals surface area contributed by atoms with Crippen molar-refractivity contribution in [2.45, 2.75) is 0 Å². The van der Waals surface area contributed by atoms with E-state index in [9.17, 15) is 14.5 Å². The van der Waals surface area contributed by atoms with E-state index in [0.717, 1.165) is 43.0 Å². The number of halogens is 1. The summed E-state index contributed by atoms with van der Waals surface area (Å²) in [6.45, 7) is 3.69. The first-order valence-electron chi connectivity index (χ1n) is 9.39. The fourth-order valence-electron chi connectivity index (χ4n) is 4.51. The van der Waals surface area contributed by atoms with Crippen LogP contribution in [0.3, 0.4) is 0 Å². The monoisotopic (exact) mass is 389 g/mol. The van der Waals surface area contributed by atoms with Crippen molar-refractivity contribution in [2.24, 2.45) is 18.9 Å². The number of hydrogen-bond donors (Lipinski definition) is 0. The predicted octanol–water partition coefficient (Wildman–Crippen LogP) is 2.34. The molecule has 2 aliphatic rings. The minimum atomic E-state index is -0.421. The van der Waals surface area contributed by atoms with Crippen molar-refractivity contribution in [1.82, 2.24) is 14.7 Å². The number of nitro benzene ring substituents is 1. The normalized spacial score (nSPS) is 21.9. The molecule has 2 fully saturated rings. The molecular weight excluding hydrogens is 365 g/mol. The second-order valence-corrected chi connectivity index (χ2v) is 7.57. The van der Waals surface area contributed by atoms with Crippen molar-refractivity contribution >= 4 is 11.4 Å². The Bertz CT molecular complexity index is 872. The number of benzene rings is 1. The molecule has 0 spiro atoms. The van der Waals surface area contributed by atoms with E-state index in [1.807, 2.05) is 13.2 Å². The largest absolute Gasteiger partial charge is 0.490 e. The lowest BCUT2D eigenvalue weighted by atomic mass is 10.0. The number of aryl methyl sites for hydroxylation is 1. The first-order chi connectivity index (χ1) is 13.5. The van der Waals surface area contributed by atoms with Crippen molar-refractivity contribution < 1.29 is 14.1 Å². The quantitative estimate of drug-likeness (QED) is 0.558. The fraction of sp³-hybridized carbons (Fsp3) is 0.526. The number of nitrogens with zero attached hydrogens (tertiary/aromatic N) is 5. The van der Waals surface area contributed by atoms with Crippen LogP contribution >= 0.6 is 0 Å². The number of fused-ring (bicyclic) bond motifs is 1. The number of aromatic nitrogens is 2. The van der Waals surface area contributed by atoms with Crippen molar-refractivity contribution in [2.75, 3.05) is 51.4 Å². The van der Waals surface area contributed by atoms with Gasteiger partial charge in [-0.05, 0) is 11.8 Å². The molecule has 1 aromatic heterocycles. The van der Waals surface area contributed by atoms with Crippen LogP contribution in [0.15, 0.2) is 24.5 Å². The summed E-state index contributed by atoms with van der Waals surface area (Å²) in [5.74, 6) is 1.22. The van der Waals surface area contributed by atoms with E-state index in [2.05, 4.69) is 14.9 Å². The molecule has 3 heterocycles. The average molecular weight is 389 g/mol. The molecule has 2 unspecified atom stereocenters. The molecule has 28 heavy (non-hydrogen) atoms. The topological polar surface area (TPSA) is 76.7 Å². The first kappa shape index (κ1) is 18.7. The van der Waals surface area contributed by atoms with Gasteiger partial charge >= 0.3 is 5.69 Å². The molecule has 2 saturated heterocycles. The molecule has 9 heteroatoms. The Balaban J connectivity index is 1.69. The Morgan fingerprint density at radius 3 is 2.54 bits per heavy atom. The molecule has 0 saturated carbocycles. The second kappa shape index (κ2) is 7.38. The molecule has 4 rings (SSSR count). The summed E-state index contributed by atoms with van der Waals surface area (Å²) in [6, 6.07) is 3.34. The average Bonchev–Trinajstić information content (AvgIpc) is 3.35. The molecule has 0 aliphatic carbocycles. The van der Waals surface area contributed by atoms with Crippen LogP contribution in [0.1, 0.15) is 0 Å². The zero-order valence-corrected chi connectivity index (χ0v) is 16.0. The lowest BCUT2D eigenvalue weighted by Crippen LogP contribution is -2.30. The third-order valence-corrected chi connectivity index (χ3v) is 5.81. The number of hydrogen-bond acceptors (Lipinski definition) is 6. The number of nitro groups is 1. The lowest BCUT2D eigenvalue weighted by molar-refractivity contribution is -0.385. The van der Waals surface area contributed by atoms with Crippen LogP contribution in [0.5, 0.6) is 5.75 Å². The van der Waals surface area contributed by atoms with E-state index >= 15 is 0 Å². The van der Waals surface area contributed by atoms with Crippen molar-refractivity contribution in [3.63, 3.8) is 0 Å². The van der Waals surface area contributed by atoms with Gasteiger partial charge in [0.1, 0.15) is 6.67 Å². The van der Waals surface area contributed by atoms with Gasteiger partial charge in [-0.3, -0.25) is 14.8 Å². The summed E-state index contributed by atoms with van der Waals surface area (Å²) in [5.41, 5.74) is 2.47. The Morgan fingerprint density at radius 1 is 1.29 bits per heavy atom. The summed E-state index contributed by atoms with van der Waals surface area (Å²) < 4.78 is 19.7. The van der Waals surface area contributed by atoms with Crippen molar-refractivity contribution in [3.05, 3.63) is 34.6 Å². The van der Waals surface area contributed by atoms with Gasteiger partial charge < -0.3 is 14.5 Å². The molecule has 2 atom stereocenters. The van der Waals surface area contributed by atoms with Gasteiger partial charge in [0, 0.05) is 74.9 Å². The van der Waals surface area contributed by atoms with E-state index in [4.69, 9.17) is 4.74 Å². The zero-order chi connectivity index (χ0) is 19.8. The van der Waals surface area contributed by atoms with Crippen LogP contribution in [0.25, 0.3) is 11.1 Å². The van der Waals surface area contributed by atoms with Gasteiger partial charge in [-0.25, -0.2) is 4.39 Å². The van der Waals surface area contributed by atoms with Gasteiger partial charge in [0.2, 0.25) is 0 Å². The highest BCUT2D eigenvalue weighted by atomic mass is 19.1. The SMILES string of the molecule is COc1cc(N2CC3CN(CCF)CC3C2)c(-c2cnn(C)c2)cc1[N+](=O)[O-]. The lowest BCUT2D eigenvalue weighted by Gasteiger charge is -2.25. The Kier molecular flexibility index (Phi) is 4.92. The molecule has 150 valence electrons. The first-order valence-corrected chi connectivity index (χ1v) is 9.39. The van der Waals surface area contributed by atoms with Crippen LogP contribution in [0.4, 0.5) is 15.8 Å². The number of alkyl halides is 1. The summed E-state index contributed by atoms with van der Waals surface area (Å²) in [7, 11) is 3.27. The minimum Gasteiger partial charge on any atom is -0.490 e. The smallest absolute Gasteiger partial charge is 0.311 e. The number of ether oxygens (including phenoxy) is 1. The number of anilines is 1. The Labute approximate surface area is 162 Å². The fourth-order valence-corrected chi connectivity index (χ4v) is 4.51. The molecule has 2 aliphatic heterocycles. The molecule has 2 aromatic rings. The molecule has 0 amide bonds. The molecule has 0 radical (unpaired) electrons. The van der Waals surface area contributed by atoms with Gasteiger partial charge in [-0.15, -0.1) is 0 Å². The van der Waals surface area contributed by atoms with E-state index < -0.39 is 4.92 Å². The maximum Gasteiger partial charge on any atom is 0.311 e. The maximum atomic E-state index is 12.7. The second-order valence-electron chi connectivity index (χ2n) is 7.57. The van der Waals surface area contributed by atoms with E-state index in [-0.39, 0.29) is 18.1 Å². The van der Waals surface area contributed by atoms with Gasteiger partial charge in [0.05, 0.1) is 18.2 Å². The predicted molar refractivity (Wildman–Crippen MR) is 103 cm³/mol. The standard InChI is InChI=1S/C19H24FN5O3/c1-22-8-13(7-21-22)16-5-18(25(26)27)19(28-2)6-17(16)24-11-14-9-23(4-3-20)10-15(14)12-24/h5-8,14-15H,3-4,9-12H2,1-2H3. The van der Waals surface area contributed by atoms with E-state index in [0.29, 0.717) is 18.4 Å². The maximum absolute atomic E-state index is 12.7. The number of likely N-dealkylation sites (tertiary alicyclic amines) is 1. The highest BCUT2D eigenvalue weighted by Gasteiger charge is 2.40. The van der Waals surface area contributed by atoms with Crippen LogP contribution in [-0.4, -0.2) is 66.1 Å². The highest BCUT2D eigenvalue weighted by Crippen LogP contribution is 2.43. The van der Waals surface area contributed by atoms with Gasteiger partial charge in [-0.2, -0.15) is 5.10 Å². The molecule has 0 N–H and O–H groups in total. The highest BCUT2D eigenvalue weighted by molar-refractivity contribution is 5.82. The van der Waals surface area contributed by atoms with Gasteiger partial charge in [0.25, 0.3) is 0 Å². The molecule has 8 nitrogen and oxygen atoms in total. The Morgan fingerprint density at radius 2 is 2.00 bits per heavy atom. The molecular formula is C19H24FN5O3. The summed E-state index contributed by atoms with van der Waals surface area (Å²) >= 11 is 0. The number of methoxy groups -OCH3 is 1. The van der Waals surface area contributed by atoms with Gasteiger partial charge in [-0.1, -0.05) is 0 Å². The van der Waals surface area contributed by atoms with Crippen LogP contribution < -0.4 is 9.64 Å². The van der Waals surface area contributed by atoms with Crippen molar-refractivity contribution in [3.8, 4) is 16.9 Å². The summed E-state index contributed by atoms with van der Waals surface area (Å²) in [6.07, 6.45) is 3.57. The van der Waals surface area contributed by atoms with E-state index in [1.165, 1.54) is 7.11 Å².